The molecule has 0 amide bonds. The first-order valence-corrected chi connectivity index (χ1v) is 6.89. The van der Waals surface area contributed by atoms with Crippen molar-refractivity contribution in [1.29, 1.82) is 0 Å². The van der Waals surface area contributed by atoms with Gasteiger partial charge in [-0.25, -0.2) is 0 Å². The summed E-state index contributed by atoms with van der Waals surface area (Å²) in [6, 6.07) is 20.2. The average molecular weight is 269 g/mol. The number of rotatable bonds is 6. The molecule has 0 saturated carbocycles. The Bertz CT molecular complexity index is 523. The van der Waals surface area contributed by atoms with Gasteiger partial charge in [0.2, 0.25) is 0 Å². The van der Waals surface area contributed by atoms with Gasteiger partial charge in [-0.15, -0.1) is 0 Å². The maximum Gasteiger partial charge on any atom is 0.142 e. The Labute approximate surface area is 117 Å². The first-order chi connectivity index (χ1) is 9.45. The molecule has 96 valence electrons. The molecule has 2 rings (SSSR count). The highest BCUT2D eigenvalue weighted by molar-refractivity contribution is 8.02. The minimum absolute atomic E-state index is 0.497. The Morgan fingerprint density at radius 3 is 2.37 bits per heavy atom. The smallest absolute Gasteiger partial charge is 0.142 e. The van der Waals surface area contributed by atoms with Crippen molar-refractivity contribution in [1.82, 2.24) is 0 Å². The Morgan fingerprint density at radius 1 is 0.947 bits per heavy atom. The topological polar surface area (TPSA) is 21.6 Å². The monoisotopic (exact) mass is 269 g/mol. The van der Waals surface area contributed by atoms with Crippen LogP contribution in [0.25, 0.3) is 0 Å². The molecular formula is C16H15NOS. The van der Waals surface area contributed by atoms with Crippen molar-refractivity contribution in [3.63, 3.8) is 0 Å². The molecule has 0 heterocycles. The molecule has 0 unspecified atom stereocenters. The van der Waals surface area contributed by atoms with Crippen LogP contribution in [-0.2, 0) is 11.4 Å². The van der Waals surface area contributed by atoms with Crippen LogP contribution in [0, 0.1) is 0 Å². The van der Waals surface area contributed by atoms with Crippen LogP contribution in [0.1, 0.15) is 5.56 Å². The van der Waals surface area contributed by atoms with Gasteiger partial charge in [0.25, 0.3) is 0 Å². The standard InChI is InChI=1S/C16H15NOS/c1-3-8-15(9-4-1)14-18-17-12-7-13-19-16-10-5-2-6-11-16/h1-13H,14H2/b13-7+,17-12+. The second kappa shape index (κ2) is 8.16. The highest BCUT2D eigenvalue weighted by Crippen LogP contribution is 2.17. The lowest BCUT2D eigenvalue weighted by molar-refractivity contribution is 0.132. The van der Waals surface area contributed by atoms with Gasteiger partial charge < -0.3 is 4.84 Å². The van der Waals surface area contributed by atoms with Gasteiger partial charge in [0, 0.05) is 4.90 Å². The molecule has 0 aliphatic carbocycles. The number of thioether (sulfide) groups is 1. The van der Waals surface area contributed by atoms with Crippen molar-refractivity contribution in [2.45, 2.75) is 11.5 Å². The average Bonchev–Trinajstić information content (AvgIpc) is 2.48. The van der Waals surface area contributed by atoms with Crippen molar-refractivity contribution < 1.29 is 4.84 Å². The van der Waals surface area contributed by atoms with Crippen LogP contribution in [0.4, 0.5) is 0 Å². The predicted octanol–water partition coefficient (Wildman–Crippen LogP) is 4.50. The summed E-state index contributed by atoms with van der Waals surface area (Å²) >= 11 is 1.65. The molecule has 0 aliphatic rings. The fourth-order valence-corrected chi connectivity index (χ4v) is 2.04. The lowest BCUT2D eigenvalue weighted by Crippen LogP contribution is -1.85. The van der Waals surface area contributed by atoms with Crippen molar-refractivity contribution in [3.05, 3.63) is 77.7 Å². The summed E-state index contributed by atoms with van der Waals surface area (Å²) in [7, 11) is 0. The molecule has 19 heavy (non-hydrogen) atoms. The van der Waals surface area contributed by atoms with E-state index in [9.17, 15) is 0 Å². The molecule has 2 aromatic rings. The van der Waals surface area contributed by atoms with E-state index in [4.69, 9.17) is 4.84 Å². The Hall–Kier alpha value is -2.00. The van der Waals surface area contributed by atoms with E-state index in [1.54, 1.807) is 18.0 Å². The summed E-state index contributed by atoms with van der Waals surface area (Å²) in [4.78, 5) is 6.39. The molecule has 0 aromatic heterocycles. The summed E-state index contributed by atoms with van der Waals surface area (Å²) in [6.45, 7) is 0.497. The highest BCUT2D eigenvalue weighted by atomic mass is 32.2. The Kier molecular flexibility index (Phi) is 5.77. The highest BCUT2D eigenvalue weighted by Gasteiger charge is 1.88. The van der Waals surface area contributed by atoms with Gasteiger partial charge in [-0.3, -0.25) is 0 Å². The molecule has 0 atom stereocenters. The first-order valence-electron chi connectivity index (χ1n) is 6.01. The van der Waals surface area contributed by atoms with Gasteiger partial charge in [0.05, 0.1) is 6.21 Å². The summed E-state index contributed by atoms with van der Waals surface area (Å²) in [5.74, 6) is 0. The van der Waals surface area contributed by atoms with Gasteiger partial charge in [-0.2, -0.15) is 0 Å². The molecule has 0 spiro atoms. The fourth-order valence-electron chi connectivity index (χ4n) is 1.42. The molecule has 3 heteroatoms. The molecule has 0 aliphatic heterocycles. The van der Waals surface area contributed by atoms with Crippen molar-refractivity contribution in [3.8, 4) is 0 Å². The number of nitrogens with zero attached hydrogens (tertiary/aromatic N) is 1. The number of hydrogen-bond acceptors (Lipinski definition) is 3. The summed E-state index contributed by atoms with van der Waals surface area (Å²) in [6.07, 6.45) is 3.52. The fraction of sp³-hybridized carbons (Fsp3) is 0.0625. The lowest BCUT2D eigenvalue weighted by atomic mass is 10.2. The van der Waals surface area contributed by atoms with E-state index < -0.39 is 0 Å². The van der Waals surface area contributed by atoms with E-state index >= 15 is 0 Å². The van der Waals surface area contributed by atoms with Gasteiger partial charge >= 0.3 is 0 Å². The number of benzene rings is 2. The quantitative estimate of drug-likeness (QED) is 0.437. The minimum Gasteiger partial charge on any atom is -0.391 e. The molecule has 0 saturated heterocycles. The van der Waals surface area contributed by atoms with Crippen LogP contribution < -0.4 is 0 Å². The van der Waals surface area contributed by atoms with E-state index in [-0.39, 0.29) is 0 Å². The SMILES string of the molecule is C(=C\Sc1ccccc1)/C=N/OCc1ccccc1. The van der Waals surface area contributed by atoms with Crippen LogP contribution in [0.2, 0.25) is 0 Å². The Balaban J connectivity index is 1.66. The molecule has 0 radical (unpaired) electrons. The van der Waals surface area contributed by atoms with Gasteiger partial charge in [-0.1, -0.05) is 65.4 Å². The third-order valence-electron chi connectivity index (χ3n) is 2.32. The zero-order valence-corrected chi connectivity index (χ0v) is 11.3. The van der Waals surface area contributed by atoms with E-state index in [0.717, 1.165) is 5.56 Å². The van der Waals surface area contributed by atoms with E-state index in [2.05, 4.69) is 17.3 Å². The number of allylic oxidation sites excluding steroid dienone is 1. The molecule has 0 N–H and O–H groups in total. The van der Waals surface area contributed by atoms with Crippen molar-refractivity contribution in [2.24, 2.45) is 5.16 Å². The van der Waals surface area contributed by atoms with Crippen molar-refractivity contribution in [2.75, 3.05) is 0 Å². The van der Waals surface area contributed by atoms with Crippen LogP contribution in [0.3, 0.4) is 0 Å². The summed E-state index contributed by atoms with van der Waals surface area (Å²) in [5, 5.41) is 5.85. The van der Waals surface area contributed by atoms with Crippen LogP contribution in [0.15, 0.2) is 82.2 Å². The minimum atomic E-state index is 0.497. The molecule has 2 nitrogen and oxygen atoms in total. The maximum absolute atomic E-state index is 5.18. The predicted molar refractivity (Wildman–Crippen MR) is 81.2 cm³/mol. The zero-order chi connectivity index (χ0) is 13.2. The van der Waals surface area contributed by atoms with Crippen LogP contribution >= 0.6 is 11.8 Å². The van der Waals surface area contributed by atoms with Crippen LogP contribution in [0.5, 0.6) is 0 Å². The number of hydrogen-bond donors (Lipinski definition) is 0. The van der Waals surface area contributed by atoms with Gasteiger partial charge in [0.1, 0.15) is 6.61 Å². The summed E-state index contributed by atoms with van der Waals surface area (Å²) < 4.78 is 0. The van der Waals surface area contributed by atoms with Crippen molar-refractivity contribution >= 4 is 18.0 Å². The second-order valence-corrected chi connectivity index (χ2v) is 4.75. The maximum atomic E-state index is 5.18. The van der Waals surface area contributed by atoms with Gasteiger partial charge in [-0.05, 0) is 29.2 Å². The van der Waals surface area contributed by atoms with E-state index in [1.807, 2.05) is 60.0 Å². The lowest BCUT2D eigenvalue weighted by Gasteiger charge is -1.97. The largest absolute Gasteiger partial charge is 0.391 e. The molecular weight excluding hydrogens is 254 g/mol. The first kappa shape index (κ1) is 13.4. The Morgan fingerprint density at radius 2 is 1.63 bits per heavy atom. The summed E-state index contributed by atoms with van der Waals surface area (Å²) in [5.41, 5.74) is 1.11. The third kappa shape index (κ3) is 5.44. The number of oxime groups is 1. The van der Waals surface area contributed by atoms with E-state index in [1.165, 1.54) is 4.90 Å². The second-order valence-electron chi connectivity index (χ2n) is 3.77. The normalized spacial score (nSPS) is 11.2. The zero-order valence-electron chi connectivity index (χ0n) is 10.5. The molecule has 2 aromatic carbocycles. The molecule has 0 fully saturated rings. The van der Waals surface area contributed by atoms with Gasteiger partial charge in [0.15, 0.2) is 0 Å². The third-order valence-corrected chi connectivity index (χ3v) is 3.16. The molecule has 0 bridgehead atoms. The van der Waals surface area contributed by atoms with Crippen LogP contribution in [-0.4, -0.2) is 6.21 Å². The van der Waals surface area contributed by atoms with E-state index in [0.29, 0.717) is 6.61 Å².